The minimum Gasteiger partial charge on any atom is -0.492 e. The Morgan fingerprint density at radius 1 is 1.35 bits per heavy atom. The molecular formula is C12H17NO3S. The molecule has 1 aromatic carbocycles. The SMILES string of the molecule is CS(=O)(=O)CCN1CCOc2ccccc2C1. The molecule has 1 heterocycles. The molecule has 4 nitrogen and oxygen atoms in total. The largest absolute Gasteiger partial charge is 0.492 e. The molecule has 0 unspecified atom stereocenters. The van der Waals surface area contributed by atoms with E-state index in [2.05, 4.69) is 4.90 Å². The lowest BCUT2D eigenvalue weighted by molar-refractivity contribution is 0.235. The molecule has 0 atom stereocenters. The van der Waals surface area contributed by atoms with Crippen LogP contribution in [0.5, 0.6) is 5.75 Å². The maximum atomic E-state index is 11.1. The van der Waals surface area contributed by atoms with E-state index in [4.69, 9.17) is 4.74 Å². The zero-order valence-corrected chi connectivity index (χ0v) is 10.7. The second kappa shape index (κ2) is 5.06. The number of benzene rings is 1. The summed E-state index contributed by atoms with van der Waals surface area (Å²) in [6.45, 7) is 2.70. The average molecular weight is 255 g/mol. The van der Waals surface area contributed by atoms with Crippen LogP contribution in [0.1, 0.15) is 5.56 Å². The van der Waals surface area contributed by atoms with Crippen LogP contribution in [0.3, 0.4) is 0 Å². The first-order chi connectivity index (χ1) is 8.04. The highest BCUT2D eigenvalue weighted by Crippen LogP contribution is 2.22. The van der Waals surface area contributed by atoms with Gasteiger partial charge in [0.05, 0.1) is 5.75 Å². The Bertz CT molecular complexity index is 484. The average Bonchev–Trinajstić information content (AvgIpc) is 2.47. The van der Waals surface area contributed by atoms with Crippen molar-refractivity contribution in [3.63, 3.8) is 0 Å². The lowest BCUT2D eigenvalue weighted by atomic mass is 10.2. The van der Waals surface area contributed by atoms with E-state index in [1.165, 1.54) is 6.26 Å². The summed E-state index contributed by atoms with van der Waals surface area (Å²) in [4.78, 5) is 2.12. The fourth-order valence-electron chi connectivity index (χ4n) is 1.87. The molecule has 0 bridgehead atoms. The lowest BCUT2D eigenvalue weighted by Crippen LogP contribution is -2.30. The van der Waals surface area contributed by atoms with Gasteiger partial charge < -0.3 is 4.74 Å². The number of hydrogen-bond donors (Lipinski definition) is 0. The summed E-state index contributed by atoms with van der Waals surface area (Å²) in [6.07, 6.45) is 1.27. The van der Waals surface area contributed by atoms with Gasteiger partial charge in [0, 0.05) is 31.5 Å². The zero-order valence-electron chi connectivity index (χ0n) is 9.93. The molecule has 2 rings (SSSR count). The van der Waals surface area contributed by atoms with Crippen LogP contribution in [0, 0.1) is 0 Å². The van der Waals surface area contributed by atoms with E-state index in [1.807, 2.05) is 24.3 Å². The number of para-hydroxylation sites is 1. The van der Waals surface area contributed by atoms with E-state index in [0.717, 1.165) is 24.4 Å². The van der Waals surface area contributed by atoms with Gasteiger partial charge in [-0.15, -0.1) is 0 Å². The number of sulfone groups is 1. The summed E-state index contributed by atoms with van der Waals surface area (Å²) >= 11 is 0. The Balaban J connectivity index is 2.03. The number of fused-ring (bicyclic) bond motifs is 1. The van der Waals surface area contributed by atoms with Crippen LogP contribution < -0.4 is 4.74 Å². The van der Waals surface area contributed by atoms with Crippen LogP contribution in [0.2, 0.25) is 0 Å². The minimum atomic E-state index is -2.90. The predicted molar refractivity (Wildman–Crippen MR) is 66.9 cm³/mol. The van der Waals surface area contributed by atoms with Gasteiger partial charge in [0.25, 0.3) is 0 Å². The quantitative estimate of drug-likeness (QED) is 0.806. The Morgan fingerprint density at radius 2 is 2.12 bits per heavy atom. The van der Waals surface area contributed by atoms with Gasteiger partial charge in [-0.05, 0) is 6.07 Å². The fourth-order valence-corrected chi connectivity index (χ4v) is 2.46. The van der Waals surface area contributed by atoms with E-state index in [1.54, 1.807) is 0 Å². The summed E-state index contributed by atoms with van der Waals surface area (Å²) in [5, 5.41) is 0. The Morgan fingerprint density at radius 3 is 2.88 bits per heavy atom. The third kappa shape index (κ3) is 3.71. The van der Waals surface area contributed by atoms with Crippen LogP contribution in [0.25, 0.3) is 0 Å². The Hall–Kier alpha value is -1.07. The molecule has 1 aliphatic heterocycles. The van der Waals surface area contributed by atoms with Crippen molar-refractivity contribution in [3.8, 4) is 5.75 Å². The van der Waals surface area contributed by atoms with Crippen molar-refractivity contribution in [2.45, 2.75) is 6.54 Å². The van der Waals surface area contributed by atoms with E-state index in [0.29, 0.717) is 13.2 Å². The smallest absolute Gasteiger partial charge is 0.148 e. The van der Waals surface area contributed by atoms with Gasteiger partial charge in [0.15, 0.2) is 0 Å². The Labute approximate surface area is 102 Å². The normalized spacial score (nSPS) is 17.0. The molecule has 0 N–H and O–H groups in total. The van der Waals surface area contributed by atoms with Gasteiger partial charge in [-0.1, -0.05) is 18.2 Å². The van der Waals surface area contributed by atoms with Crippen molar-refractivity contribution >= 4 is 9.84 Å². The summed E-state index contributed by atoms with van der Waals surface area (Å²) in [6, 6.07) is 7.90. The first-order valence-electron chi connectivity index (χ1n) is 5.65. The summed E-state index contributed by atoms with van der Waals surface area (Å²) in [5.74, 6) is 1.11. The van der Waals surface area contributed by atoms with Crippen LogP contribution in [0.4, 0.5) is 0 Å². The van der Waals surface area contributed by atoms with Gasteiger partial charge in [0.1, 0.15) is 22.2 Å². The molecule has 0 spiro atoms. The monoisotopic (exact) mass is 255 g/mol. The van der Waals surface area contributed by atoms with E-state index < -0.39 is 9.84 Å². The molecule has 0 saturated heterocycles. The number of hydrogen-bond acceptors (Lipinski definition) is 4. The number of rotatable bonds is 3. The van der Waals surface area contributed by atoms with Crippen molar-refractivity contribution < 1.29 is 13.2 Å². The summed E-state index contributed by atoms with van der Waals surface area (Å²) < 4.78 is 27.9. The molecule has 0 saturated carbocycles. The molecule has 0 radical (unpaired) electrons. The standard InChI is InChI=1S/C12H17NO3S/c1-17(14,15)9-7-13-6-8-16-12-5-3-2-4-11(12)10-13/h2-5H,6-10H2,1H3. The zero-order chi connectivity index (χ0) is 12.3. The fraction of sp³-hybridized carbons (Fsp3) is 0.500. The van der Waals surface area contributed by atoms with Crippen LogP contribution in [0.15, 0.2) is 24.3 Å². The maximum absolute atomic E-state index is 11.1. The van der Waals surface area contributed by atoms with Crippen molar-refractivity contribution in [1.82, 2.24) is 4.90 Å². The molecular weight excluding hydrogens is 238 g/mol. The Kier molecular flexibility index (Phi) is 3.69. The topological polar surface area (TPSA) is 46.6 Å². The van der Waals surface area contributed by atoms with Crippen LogP contribution in [-0.2, 0) is 16.4 Å². The van der Waals surface area contributed by atoms with Gasteiger partial charge in [-0.25, -0.2) is 8.42 Å². The number of ether oxygens (including phenoxy) is 1. The molecule has 94 valence electrons. The van der Waals surface area contributed by atoms with E-state index in [9.17, 15) is 8.42 Å². The highest BCUT2D eigenvalue weighted by atomic mass is 32.2. The highest BCUT2D eigenvalue weighted by Gasteiger charge is 2.15. The molecule has 0 aromatic heterocycles. The number of nitrogens with zero attached hydrogens (tertiary/aromatic N) is 1. The second-order valence-corrected chi connectivity index (χ2v) is 6.62. The van der Waals surface area contributed by atoms with E-state index >= 15 is 0 Å². The van der Waals surface area contributed by atoms with Gasteiger partial charge in [0.2, 0.25) is 0 Å². The van der Waals surface area contributed by atoms with Gasteiger partial charge in [-0.2, -0.15) is 0 Å². The molecule has 1 aromatic rings. The summed E-state index contributed by atoms with van der Waals surface area (Å²) in [5.41, 5.74) is 1.12. The van der Waals surface area contributed by atoms with Crippen molar-refractivity contribution in [1.29, 1.82) is 0 Å². The second-order valence-electron chi connectivity index (χ2n) is 4.36. The van der Waals surface area contributed by atoms with Crippen molar-refractivity contribution in [3.05, 3.63) is 29.8 Å². The predicted octanol–water partition coefficient (Wildman–Crippen LogP) is 0.926. The van der Waals surface area contributed by atoms with Gasteiger partial charge in [-0.3, -0.25) is 4.90 Å². The van der Waals surface area contributed by atoms with Crippen LogP contribution >= 0.6 is 0 Å². The van der Waals surface area contributed by atoms with Crippen LogP contribution in [-0.4, -0.2) is 45.0 Å². The first kappa shape index (κ1) is 12.4. The maximum Gasteiger partial charge on any atom is 0.148 e. The minimum absolute atomic E-state index is 0.204. The molecule has 0 amide bonds. The molecule has 17 heavy (non-hydrogen) atoms. The van der Waals surface area contributed by atoms with Crippen molar-refractivity contribution in [2.75, 3.05) is 31.7 Å². The summed E-state index contributed by atoms with van der Waals surface area (Å²) in [7, 11) is -2.90. The third-order valence-electron chi connectivity index (χ3n) is 2.81. The molecule has 0 aliphatic carbocycles. The lowest BCUT2D eigenvalue weighted by Gasteiger charge is -2.18. The first-order valence-corrected chi connectivity index (χ1v) is 7.71. The van der Waals surface area contributed by atoms with E-state index in [-0.39, 0.29) is 5.75 Å². The van der Waals surface area contributed by atoms with Gasteiger partial charge >= 0.3 is 0 Å². The molecule has 5 heteroatoms. The highest BCUT2D eigenvalue weighted by molar-refractivity contribution is 7.90. The van der Waals surface area contributed by atoms with Crippen molar-refractivity contribution in [2.24, 2.45) is 0 Å². The molecule has 0 fully saturated rings. The molecule has 1 aliphatic rings. The third-order valence-corrected chi connectivity index (χ3v) is 3.73.